The van der Waals surface area contributed by atoms with Crippen molar-refractivity contribution in [3.8, 4) is 11.5 Å². The van der Waals surface area contributed by atoms with Crippen LogP contribution in [0.4, 0.5) is 0 Å². The number of hydrogen-bond acceptors (Lipinski definition) is 5. The Labute approximate surface area is 174 Å². The van der Waals surface area contributed by atoms with Crippen molar-refractivity contribution >= 4 is 16.9 Å². The molecular weight excluding hydrogens is 378 g/mol. The molecule has 0 bridgehead atoms. The van der Waals surface area contributed by atoms with Gasteiger partial charge in [0.15, 0.2) is 0 Å². The quantitative estimate of drug-likeness (QED) is 0.401. The van der Waals surface area contributed by atoms with Crippen LogP contribution >= 0.6 is 0 Å². The molecule has 0 N–H and O–H groups in total. The van der Waals surface area contributed by atoms with E-state index in [0.717, 1.165) is 22.2 Å². The highest BCUT2D eigenvalue weighted by atomic mass is 16.5. The molecule has 0 saturated heterocycles. The summed E-state index contributed by atoms with van der Waals surface area (Å²) in [5, 5.41) is 1.10. The van der Waals surface area contributed by atoms with Crippen LogP contribution in [0.1, 0.15) is 21.6 Å². The minimum absolute atomic E-state index is 0.334. The van der Waals surface area contributed by atoms with Crippen LogP contribution in [0.5, 0.6) is 11.5 Å². The Hall–Kier alpha value is -3.86. The second kappa shape index (κ2) is 9.09. The van der Waals surface area contributed by atoms with Crippen molar-refractivity contribution < 1.29 is 19.0 Å². The van der Waals surface area contributed by atoms with Crippen molar-refractivity contribution in [1.29, 1.82) is 0 Å². The molecule has 5 nitrogen and oxygen atoms in total. The highest BCUT2D eigenvalue weighted by molar-refractivity contribution is 5.89. The van der Waals surface area contributed by atoms with Gasteiger partial charge in [-0.25, -0.2) is 9.78 Å². The molecule has 0 aliphatic heterocycles. The zero-order valence-electron chi connectivity index (χ0n) is 16.6. The molecule has 0 atom stereocenters. The molecule has 0 aliphatic carbocycles. The summed E-state index contributed by atoms with van der Waals surface area (Å²) in [4.78, 5) is 16.3. The fraction of sp³-hybridized carbons (Fsp3) is 0.120. The summed E-state index contributed by atoms with van der Waals surface area (Å²) in [6.07, 6.45) is 0. The van der Waals surface area contributed by atoms with E-state index in [1.54, 1.807) is 18.2 Å². The molecule has 0 radical (unpaired) electrons. The Balaban J connectivity index is 1.38. The van der Waals surface area contributed by atoms with Crippen LogP contribution in [0.2, 0.25) is 0 Å². The molecule has 5 heteroatoms. The molecular formula is C25H21NO4. The third-order valence-corrected chi connectivity index (χ3v) is 4.60. The van der Waals surface area contributed by atoms with Gasteiger partial charge in [0.2, 0.25) is 0 Å². The lowest BCUT2D eigenvalue weighted by Crippen LogP contribution is -2.03. The molecule has 0 saturated carbocycles. The summed E-state index contributed by atoms with van der Waals surface area (Å²) in [5.41, 5.74) is 3.19. The molecule has 0 fully saturated rings. The van der Waals surface area contributed by atoms with Gasteiger partial charge in [-0.05, 0) is 42.0 Å². The standard InChI is InChI=1S/C25H21NO4/c1-28-25(27)20-8-4-6-18(14-20)16-29-22-9-5-10-23(15-22)30-17-21-13-12-19-7-2-3-11-24(19)26-21/h2-15H,16-17H2,1H3. The summed E-state index contributed by atoms with van der Waals surface area (Å²) in [6.45, 7) is 0.704. The van der Waals surface area contributed by atoms with Crippen molar-refractivity contribution in [2.45, 2.75) is 13.2 Å². The maximum Gasteiger partial charge on any atom is 0.337 e. The number of carbonyl (C=O) groups excluding carboxylic acids is 1. The maximum absolute atomic E-state index is 11.7. The highest BCUT2D eigenvalue weighted by Gasteiger charge is 2.06. The molecule has 0 unspecified atom stereocenters. The van der Waals surface area contributed by atoms with Crippen molar-refractivity contribution in [2.75, 3.05) is 7.11 Å². The van der Waals surface area contributed by atoms with Crippen LogP contribution in [0.15, 0.2) is 84.9 Å². The normalized spacial score (nSPS) is 10.6. The molecule has 4 aromatic rings. The molecule has 30 heavy (non-hydrogen) atoms. The second-order valence-electron chi connectivity index (χ2n) is 6.74. The number of hydrogen-bond donors (Lipinski definition) is 0. The van der Waals surface area contributed by atoms with E-state index in [1.807, 2.05) is 66.7 Å². The summed E-state index contributed by atoms with van der Waals surface area (Å²) >= 11 is 0. The molecule has 0 amide bonds. The number of pyridine rings is 1. The third kappa shape index (κ3) is 4.75. The van der Waals surface area contributed by atoms with Crippen molar-refractivity contribution in [3.05, 3.63) is 102 Å². The van der Waals surface area contributed by atoms with Gasteiger partial charge < -0.3 is 14.2 Å². The van der Waals surface area contributed by atoms with Crippen molar-refractivity contribution in [1.82, 2.24) is 4.98 Å². The number of esters is 1. The van der Waals surface area contributed by atoms with Crippen LogP contribution < -0.4 is 9.47 Å². The average Bonchev–Trinajstić information content (AvgIpc) is 2.81. The number of methoxy groups -OCH3 is 1. The number of carbonyl (C=O) groups is 1. The van der Waals surface area contributed by atoms with Crippen molar-refractivity contribution in [3.63, 3.8) is 0 Å². The van der Waals surface area contributed by atoms with Crippen LogP contribution in [-0.2, 0) is 18.0 Å². The van der Waals surface area contributed by atoms with Crippen LogP contribution in [0.3, 0.4) is 0 Å². The minimum atomic E-state index is -0.366. The second-order valence-corrected chi connectivity index (χ2v) is 6.74. The monoisotopic (exact) mass is 399 g/mol. The van der Waals surface area contributed by atoms with E-state index in [4.69, 9.17) is 14.2 Å². The lowest BCUT2D eigenvalue weighted by Gasteiger charge is -2.10. The molecule has 0 spiro atoms. The molecule has 1 aromatic heterocycles. The first-order chi connectivity index (χ1) is 14.7. The van der Waals surface area contributed by atoms with Gasteiger partial charge in [-0.2, -0.15) is 0 Å². The van der Waals surface area contributed by atoms with E-state index in [9.17, 15) is 4.79 Å². The Morgan fingerprint density at radius 3 is 2.40 bits per heavy atom. The van der Waals surface area contributed by atoms with Gasteiger partial charge in [-0.3, -0.25) is 0 Å². The number of rotatable bonds is 7. The molecule has 1 heterocycles. The van der Waals surface area contributed by atoms with E-state index >= 15 is 0 Å². The number of nitrogens with zero attached hydrogens (tertiary/aromatic N) is 1. The zero-order valence-corrected chi connectivity index (χ0v) is 16.6. The van der Waals surface area contributed by atoms with Crippen LogP contribution in [-0.4, -0.2) is 18.1 Å². The number of para-hydroxylation sites is 1. The summed E-state index contributed by atoms with van der Waals surface area (Å²) in [7, 11) is 1.37. The van der Waals surface area contributed by atoms with Gasteiger partial charge in [0, 0.05) is 11.5 Å². The van der Waals surface area contributed by atoms with Crippen LogP contribution in [0, 0.1) is 0 Å². The molecule has 3 aromatic carbocycles. The Morgan fingerprint density at radius 2 is 1.57 bits per heavy atom. The van der Waals surface area contributed by atoms with E-state index in [2.05, 4.69) is 4.98 Å². The fourth-order valence-electron chi connectivity index (χ4n) is 3.07. The first-order valence-corrected chi connectivity index (χ1v) is 9.59. The van der Waals surface area contributed by atoms with Gasteiger partial charge in [0.05, 0.1) is 23.9 Å². The summed E-state index contributed by atoms with van der Waals surface area (Å²) < 4.78 is 16.5. The molecule has 150 valence electrons. The van der Waals surface area contributed by atoms with E-state index in [-0.39, 0.29) is 5.97 Å². The maximum atomic E-state index is 11.7. The topological polar surface area (TPSA) is 57.7 Å². The fourth-order valence-corrected chi connectivity index (χ4v) is 3.07. The lowest BCUT2D eigenvalue weighted by molar-refractivity contribution is 0.0600. The Kier molecular flexibility index (Phi) is 5.90. The first kappa shape index (κ1) is 19.5. The van der Waals surface area contributed by atoms with E-state index < -0.39 is 0 Å². The predicted octanol–water partition coefficient (Wildman–Crippen LogP) is 5.18. The van der Waals surface area contributed by atoms with Gasteiger partial charge in [0.1, 0.15) is 24.7 Å². The largest absolute Gasteiger partial charge is 0.489 e. The molecule has 0 aliphatic rings. The van der Waals surface area contributed by atoms with E-state index in [1.165, 1.54) is 7.11 Å². The lowest BCUT2D eigenvalue weighted by atomic mass is 10.1. The molecule has 4 rings (SSSR count). The number of fused-ring (bicyclic) bond motifs is 1. The van der Waals surface area contributed by atoms with Crippen molar-refractivity contribution in [2.24, 2.45) is 0 Å². The number of benzene rings is 3. The minimum Gasteiger partial charge on any atom is -0.489 e. The third-order valence-electron chi connectivity index (χ3n) is 4.60. The number of ether oxygens (including phenoxy) is 3. The Bertz CT molecular complexity index is 1170. The first-order valence-electron chi connectivity index (χ1n) is 9.59. The van der Waals surface area contributed by atoms with Gasteiger partial charge in [-0.1, -0.05) is 42.5 Å². The van der Waals surface area contributed by atoms with Gasteiger partial charge >= 0.3 is 5.97 Å². The summed E-state index contributed by atoms with van der Waals surface area (Å²) in [5.74, 6) is 1.02. The van der Waals surface area contributed by atoms with E-state index in [0.29, 0.717) is 30.3 Å². The average molecular weight is 399 g/mol. The summed E-state index contributed by atoms with van der Waals surface area (Å²) in [6, 6.07) is 26.7. The predicted molar refractivity (Wildman–Crippen MR) is 115 cm³/mol. The van der Waals surface area contributed by atoms with Gasteiger partial charge in [-0.15, -0.1) is 0 Å². The highest BCUT2D eigenvalue weighted by Crippen LogP contribution is 2.22. The number of aromatic nitrogens is 1. The zero-order chi connectivity index (χ0) is 20.8. The Morgan fingerprint density at radius 1 is 0.800 bits per heavy atom. The van der Waals surface area contributed by atoms with Gasteiger partial charge in [0.25, 0.3) is 0 Å². The SMILES string of the molecule is COC(=O)c1cccc(COc2cccc(OCc3ccc4ccccc4n3)c2)c1. The smallest absolute Gasteiger partial charge is 0.337 e. The van der Waals surface area contributed by atoms with Crippen LogP contribution in [0.25, 0.3) is 10.9 Å².